The average Bonchev–Trinajstić information content (AvgIpc) is 0.811. The summed E-state index contributed by atoms with van der Waals surface area (Å²) in [7, 11) is 0.120. The van der Waals surface area contributed by atoms with Gasteiger partial charge >= 0.3 is 0 Å². The maximum Gasteiger partial charge on any atom is 0.0379 e. The predicted molar refractivity (Wildman–Crippen MR) is 28.6 cm³/mol. The van der Waals surface area contributed by atoms with Crippen LogP contribution in [0.25, 0.3) is 6.15 Å². The van der Waals surface area contributed by atoms with Crippen LogP contribution < -0.4 is 0 Å². The summed E-state index contributed by atoms with van der Waals surface area (Å²) in [4.78, 5) is 0. The summed E-state index contributed by atoms with van der Waals surface area (Å²) in [6.07, 6.45) is 0. The van der Waals surface area contributed by atoms with Crippen molar-refractivity contribution in [2.75, 3.05) is 0 Å². The van der Waals surface area contributed by atoms with Crippen LogP contribution in [0.4, 0.5) is 0 Å². The Balaban J connectivity index is -0.0000000450. The van der Waals surface area contributed by atoms with Crippen LogP contribution in [0.15, 0.2) is 0 Å². The van der Waals surface area contributed by atoms with E-state index in [9.17, 15) is 0 Å². The van der Waals surface area contributed by atoms with E-state index in [0.29, 0.717) is 0 Å². The van der Waals surface area contributed by atoms with E-state index < -0.39 is 0 Å². The Morgan fingerprint density at radius 2 is 1.00 bits per heavy atom. The predicted octanol–water partition coefficient (Wildman–Crippen LogP) is 2.09. The summed E-state index contributed by atoms with van der Waals surface area (Å²) in [6.45, 7) is 6.81. The van der Waals surface area contributed by atoms with Gasteiger partial charge in [0.1, 0.15) is 0 Å². The molecule has 0 aromatic rings. The van der Waals surface area contributed by atoms with Gasteiger partial charge in [-0.2, -0.15) is 0 Å². The van der Waals surface area contributed by atoms with Crippen LogP contribution in [0.5, 0.6) is 0 Å². The number of hydrogen-bond donors (Lipinski definition) is 0. The summed E-state index contributed by atoms with van der Waals surface area (Å²) in [5, 5.41) is 0. The molecule has 0 unspecified atom stereocenters. The van der Waals surface area contributed by atoms with Crippen LogP contribution in [-0.4, -0.2) is 8.80 Å². The molecule has 0 saturated heterocycles. The normalized spacial score (nSPS) is 6.00. The maximum atomic E-state index is 2.27. The third kappa shape index (κ3) is 59.0. The Bertz CT molecular complexity index is 15.5. The maximum absolute atomic E-state index is 2.27. The van der Waals surface area contributed by atoms with Gasteiger partial charge in [0.2, 0.25) is 0 Å². The SMILES string of the molecule is C[Si](C)C.[NH2-].[Y]. The van der Waals surface area contributed by atoms with Gasteiger partial charge in [0.25, 0.3) is 0 Å². The Hall–Kier alpha value is 1.28. The van der Waals surface area contributed by atoms with Crippen molar-refractivity contribution in [3.05, 3.63) is 6.15 Å². The fourth-order valence-corrected chi connectivity index (χ4v) is 0. The number of nitrogens with two attached hydrogens (primary N) is 1. The van der Waals surface area contributed by atoms with E-state index in [-0.39, 0.29) is 47.7 Å². The third-order valence-electron chi connectivity index (χ3n) is 0. The zero-order valence-electron chi connectivity index (χ0n) is 4.65. The minimum atomic E-state index is 0. The zero-order valence-corrected chi connectivity index (χ0v) is 8.49. The van der Waals surface area contributed by atoms with Gasteiger partial charge in [-0.25, -0.2) is 0 Å². The molecular formula is C3H11NSiY-. The molecule has 0 aliphatic heterocycles. The van der Waals surface area contributed by atoms with Crippen LogP contribution in [-0.2, 0) is 32.7 Å². The van der Waals surface area contributed by atoms with Crippen LogP contribution in [0.3, 0.4) is 0 Å². The van der Waals surface area contributed by atoms with E-state index in [4.69, 9.17) is 0 Å². The number of rotatable bonds is 0. The first kappa shape index (κ1) is 15.7. The summed E-state index contributed by atoms with van der Waals surface area (Å²) in [5.41, 5.74) is 0. The summed E-state index contributed by atoms with van der Waals surface area (Å²) in [6, 6.07) is 0. The average molecular weight is 178 g/mol. The van der Waals surface area contributed by atoms with E-state index in [0.717, 1.165) is 0 Å². The molecule has 1 nitrogen and oxygen atoms in total. The topological polar surface area (TPSA) is 33.5 Å². The van der Waals surface area contributed by atoms with Crippen molar-refractivity contribution in [1.82, 2.24) is 0 Å². The second kappa shape index (κ2) is 9.56. The second-order valence-electron chi connectivity index (χ2n) is 1.50. The molecule has 0 aromatic heterocycles. The molecular weight excluding hydrogens is 167 g/mol. The first-order valence-electron chi connectivity index (χ1n) is 1.50. The number of hydrogen-bond acceptors (Lipinski definition) is 0. The molecule has 2 radical (unpaired) electrons. The summed E-state index contributed by atoms with van der Waals surface area (Å²) >= 11 is 0. The minimum absolute atomic E-state index is 0. The monoisotopic (exact) mass is 178 g/mol. The molecule has 0 amide bonds. The van der Waals surface area contributed by atoms with Gasteiger partial charge in [-0.15, -0.1) is 0 Å². The summed E-state index contributed by atoms with van der Waals surface area (Å²) < 4.78 is 0. The van der Waals surface area contributed by atoms with Crippen molar-refractivity contribution in [2.45, 2.75) is 19.6 Å². The molecule has 0 atom stereocenters. The largest absolute Gasteiger partial charge is 0.693 e. The van der Waals surface area contributed by atoms with Crippen molar-refractivity contribution in [3.63, 3.8) is 0 Å². The molecule has 6 heavy (non-hydrogen) atoms. The molecule has 0 fully saturated rings. The molecule has 0 bridgehead atoms. The molecule has 0 heterocycles. The standard InChI is InChI=1S/C3H9Si.H2N.Y/c1-4(2)3;;/h1-3H3;1H2;/q;-1;. The van der Waals surface area contributed by atoms with Gasteiger partial charge in [-0.05, 0) is 0 Å². The van der Waals surface area contributed by atoms with Gasteiger partial charge < -0.3 is 6.15 Å². The quantitative estimate of drug-likeness (QED) is 0.509. The second-order valence-corrected chi connectivity index (χ2v) is 4.50. The Morgan fingerprint density at radius 1 is 1.00 bits per heavy atom. The van der Waals surface area contributed by atoms with Gasteiger partial charge in [0.15, 0.2) is 0 Å². The van der Waals surface area contributed by atoms with Gasteiger partial charge in [0, 0.05) is 41.5 Å². The fourth-order valence-electron chi connectivity index (χ4n) is 0. The van der Waals surface area contributed by atoms with Crippen LogP contribution >= 0.6 is 0 Å². The van der Waals surface area contributed by atoms with E-state index >= 15 is 0 Å². The van der Waals surface area contributed by atoms with Crippen molar-refractivity contribution in [1.29, 1.82) is 0 Å². The van der Waals surface area contributed by atoms with Crippen LogP contribution in [0.2, 0.25) is 19.6 Å². The molecule has 0 saturated carbocycles. The van der Waals surface area contributed by atoms with E-state index in [1.54, 1.807) is 0 Å². The zero-order chi connectivity index (χ0) is 3.58. The Kier molecular flexibility index (Phi) is 25.0. The molecule has 0 aromatic carbocycles. The fraction of sp³-hybridized carbons (Fsp3) is 1.00. The molecule has 2 N–H and O–H groups in total. The third-order valence-corrected chi connectivity index (χ3v) is 0. The Labute approximate surface area is 67.0 Å². The summed E-state index contributed by atoms with van der Waals surface area (Å²) in [5.74, 6) is 0. The smallest absolute Gasteiger partial charge is 0.0379 e. The van der Waals surface area contributed by atoms with Gasteiger partial charge in [-0.3, -0.25) is 0 Å². The minimum Gasteiger partial charge on any atom is -0.693 e. The Morgan fingerprint density at radius 3 is 1.00 bits per heavy atom. The van der Waals surface area contributed by atoms with Crippen LogP contribution in [0, 0.1) is 0 Å². The van der Waals surface area contributed by atoms with Crippen molar-refractivity contribution >= 4 is 8.80 Å². The van der Waals surface area contributed by atoms with Gasteiger partial charge in [0.05, 0.1) is 0 Å². The molecule has 3 heteroatoms. The van der Waals surface area contributed by atoms with Crippen LogP contribution in [0.1, 0.15) is 0 Å². The molecule has 0 spiro atoms. The van der Waals surface area contributed by atoms with E-state index in [2.05, 4.69) is 19.6 Å². The van der Waals surface area contributed by atoms with E-state index in [1.807, 2.05) is 0 Å². The van der Waals surface area contributed by atoms with E-state index in [1.165, 1.54) is 0 Å². The molecule has 0 aliphatic rings. The van der Waals surface area contributed by atoms with Crippen molar-refractivity contribution in [3.8, 4) is 0 Å². The first-order chi connectivity index (χ1) is 1.73. The molecule has 36 valence electrons. The van der Waals surface area contributed by atoms with Crippen molar-refractivity contribution < 1.29 is 32.7 Å². The van der Waals surface area contributed by atoms with Crippen molar-refractivity contribution in [2.24, 2.45) is 0 Å². The molecule has 0 rings (SSSR count). The molecule has 0 aliphatic carbocycles. The first-order valence-corrected chi connectivity index (χ1v) is 4.50. The van der Waals surface area contributed by atoms with Gasteiger partial charge in [-0.1, -0.05) is 19.6 Å².